The molecule has 0 unspecified atom stereocenters. The third-order valence-corrected chi connectivity index (χ3v) is 5.85. The molecule has 0 spiro atoms. The van der Waals surface area contributed by atoms with Crippen LogP contribution in [0.3, 0.4) is 0 Å². The van der Waals surface area contributed by atoms with E-state index in [-0.39, 0.29) is 17.3 Å². The van der Waals surface area contributed by atoms with Crippen molar-refractivity contribution in [2.45, 2.75) is 56.5 Å². The van der Waals surface area contributed by atoms with Crippen molar-refractivity contribution in [2.75, 3.05) is 6.54 Å². The minimum atomic E-state index is -0.326. The van der Waals surface area contributed by atoms with Crippen molar-refractivity contribution in [2.24, 2.45) is 0 Å². The highest BCUT2D eigenvalue weighted by Gasteiger charge is 2.37. The van der Waals surface area contributed by atoms with Crippen molar-refractivity contribution < 1.29 is 9.18 Å². The summed E-state index contributed by atoms with van der Waals surface area (Å²) in [6.45, 7) is 0.678. The third-order valence-electron chi connectivity index (χ3n) is 5.85. The molecule has 2 aromatic rings. The van der Waals surface area contributed by atoms with Gasteiger partial charge in [-0.2, -0.15) is 0 Å². The smallest absolute Gasteiger partial charge is 0.251 e. The Morgan fingerprint density at radius 1 is 1.00 bits per heavy atom. The first-order valence-electron chi connectivity index (χ1n) is 10.6. The summed E-state index contributed by atoms with van der Waals surface area (Å²) in [4.78, 5) is 12.6. The highest BCUT2D eigenvalue weighted by atomic mass is 19.1. The summed E-state index contributed by atoms with van der Waals surface area (Å²) < 4.78 is 13.7. The molecule has 0 aliphatic heterocycles. The van der Waals surface area contributed by atoms with E-state index in [1.165, 1.54) is 38.2 Å². The van der Waals surface area contributed by atoms with Gasteiger partial charge in [-0.15, -0.1) is 0 Å². The number of carbonyl (C=O) groups is 1. The maximum atomic E-state index is 13.7. The van der Waals surface area contributed by atoms with E-state index in [1.807, 2.05) is 12.1 Å². The van der Waals surface area contributed by atoms with Crippen molar-refractivity contribution in [1.29, 1.82) is 0 Å². The summed E-state index contributed by atoms with van der Waals surface area (Å²) in [6.07, 6.45) is 8.52. The predicted octanol–water partition coefficient (Wildman–Crippen LogP) is 4.41. The van der Waals surface area contributed by atoms with E-state index in [1.54, 1.807) is 30.3 Å². The SMILES string of the molecule is O=C(NCC1(NC2CC2)CCCCC1)c1ccc(C#Cc2ccccc2F)cc1. The van der Waals surface area contributed by atoms with Crippen molar-refractivity contribution >= 4 is 5.91 Å². The fourth-order valence-corrected chi connectivity index (χ4v) is 4.02. The van der Waals surface area contributed by atoms with E-state index in [0.717, 1.165) is 18.4 Å². The van der Waals surface area contributed by atoms with Gasteiger partial charge in [-0.05, 0) is 62.1 Å². The Hall–Kier alpha value is -2.64. The first kappa shape index (κ1) is 19.7. The van der Waals surface area contributed by atoms with E-state index in [0.29, 0.717) is 23.7 Å². The number of benzene rings is 2. The average Bonchev–Trinajstić information content (AvgIpc) is 3.56. The number of amides is 1. The zero-order valence-electron chi connectivity index (χ0n) is 16.6. The molecule has 4 heteroatoms. The lowest BCUT2D eigenvalue weighted by Crippen LogP contribution is -2.55. The Morgan fingerprint density at radius 3 is 2.41 bits per heavy atom. The molecule has 4 rings (SSSR count). The molecule has 0 aromatic heterocycles. The number of nitrogens with one attached hydrogen (secondary N) is 2. The summed E-state index contributed by atoms with van der Waals surface area (Å²) in [5.74, 6) is 5.41. The second-order valence-corrected chi connectivity index (χ2v) is 8.25. The highest BCUT2D eigenvalue weighted by Crippen LogP contribution is 2.32. The second-order valence-electron chi connectivity index (χ2n) is 8.25. The van der Waals surface area contributed by atoms with E-state index in [9.17, 15) is 9.18 Å². The van der Waals surface area contributed by atoms with Crippen LogP contribution in [0, 0.1) is 17.7 Å². The van der Waals surface area contributed by atoms with Crippen LogP contribution in [0.1, 0.15) is 66.4 Å². The van der Waals surface area contributed by atoms with Crippen LogP contribution in [-0.2, 0) is 0 Å². The van der Waals surface area contributed by atoms with Crippen LogP contribution in [0.15, 0.2) is 48.5 Å². The lowest BCUT2D eigenvalue weighted by molar-refractivity contribution is 0.0927. The topological polar surface area (TPSA) is 41.1 Å². The molecule has 0 atom stereocenters. The van der Waals surface area contributed by atoms with Crippen molar-refractivity contribution in [3.8, 4) is 11.8 Å². The number of hydrogen-bond acceptors (Lipinski definition) is 2. The van der Waals surface area contributed by atoms with Gasteiger partial charge < -0.3 is 10.6 Å². The van der Waals surface area contributed by atoms with Gasteiger partial charge in [-0.3, -0.25) is 4.79 Å². The zero-order chi connectivity index (χ0) is 20.1. The van der Waals surface area contributed by atoms with Gasteiger partial charge >= 0.3 is 0 Å². The minimum Gasteiger partial charge on any atom is -0.350 e. The van der Waals surface area contributed by atoms with Crippen LogP contribution in [0.25, 0.3) is 0 Å². The van der Waals surface area contributed by atoms with E-state index in [4.69, 9.17) is 0 Å². The van der Waals surface area contributed by atoms with Crippen LogP contribution in [-0.4, -0.2) is 24.0 Å². The summed E-state index contributed by atoms with van der Waals surface area (Å²) in [7, 11) is 0. The number of halogens is 1. The molecule has 29 heavy (non-hydrogen) atoms. The molecule has 0 heterocycles. The first-order valence-corrected chi connectivity index (χ1v) is 10.6. The zero-order valence-corrected chi connectivity index (χ0v) is 16.6. The van der Waals surface area contributed by atoms with Gasteiger partial charge in [-0.25, -0.2) is 4.39 Å². The van der Waals surface area contributed by atoms with Crippen LogP contribution < -0.4 is 10.6 Å². The Kier molecular flexibility index (Phi) is 5.97. The Morgan fingerprint density at radius 2 is 1.72 bits per heavy atom. The Labute approximate surface area is 172 Å². The van der Waals surface area contributed by atoms with Gasteiger partial charge in [0, 0.05) is 29.3 Å². The molecule has 1 amide bonds. The normalized spacial score (nSPS) is 17.8. The van der Waals surface area contributed by atoms with Gasteiger partial charge in [0.15, 0.2) is 0 Å². The van der Waals surface area contributed by atoms with Gasteiger partial charge in [0.2, 0.25) is 0 Å². The minimum absolute atomic E-state index is 0.0545. The molecule has 2 saturated carbocycles. The molecule has 2 N–H and O–H groups in total. The fourth-order valence-electron chi connectivity index (χ4n) is 4.02. The van der Waals surface area contributed by atoms with Crippen LogP contribution >= 0.6 is 0 Å². The maximum absolute atomic E-state index is 13.7. The predicted molar refractivity (Wildman–Crippen MR) is 113 cm³/mol. The first-order chi connectivity index (χ1) is 14.1. The average molecular weight is 391 g/mol. The number of hydrogen-bond donors (Lipinski definition) is 2. The largest absolute Gasteiger partial charge is 0.350 e. The Bertz CT molecular complexity index is 916. The molecule has 0 bridgehead atoms. The van der Waals surface area contributed by atoms with Crippen LogP contribution in [0.2, 0.25) is 0 Å². The Balaban J connectivity index is 1.37. The monoisotopic (exact) mass is 390 g/mol. The number of rotatable bonds is 5. The summed E-state index contributed by atoms with van der Waals surface area (Å²) in [5.41, 5.74) is 1.80. The lowest BCUT2D eigenvalue weighted by atomic mass is 9.81. The second kappa shape index (κ2) is 8.80. The maximum Gasteiger partial charge on any atom is 0.251 e. The molecule has 150 valence electrons. The third kappa shape index (κ3) is 5.25. The standard InChI is InChI=1S/C25H27FN2O/c26-23-7-3-2-6-20(23)11-8-19-9-12-21(13-10-19)24(29)27-18-25(28-22-14-15-22)16-4-1-5-17-25/h2-3,6-7,9-10,12-13,22,28H,1,4-5,14-18H2,(H,27,29). The molecule has 2 aliphatic carbocycles. The quantitative estimate of drug-likeness (QED) is 0.743. The molecular weight excluding hydrogens is 363 g/mol. The summed E-state index contributed by atoms with van der Waals surface area (Å²) in [5, 5.41) is 6.94. The van der Waals surface area contributed by atoms with Gasteiger partial charge in [0.25, 0.3) is 5.91 Å². The number of carbonyl (C=O) groups excluding carboxylic acids is 1. The fraction of sp³-hybridized carbons (Fsp3) is 0.400. The lowest BCUT2D eigenvalue weighted by Gasteiger charge is -2.38. The summed E-state index contributed by atoms with van der Waals surface area (Å²) >= 11 is 0. The van der Waals surface area contributed by atoms with Crippen molar-refractivity contribution in [1.82, 2.24) is 10.6 Å². The molecule has 0 saturated heterocycles. The molecule has 0 radical (unpaired) electrons. The van der Waals surface area contributed by atoms with E-state index >= 15 is 0 Å². The molecule has 2 fully saturated rings. The molecule has 2 aromatic carbocycles. The highest BCUT2D eigenvalue weighted by molar-refractivity contribution is 5.94. The van der Waals surface area contributed by atoms with Crippen molar-refractivity contribution in [3.05, 3.63) is 71.0 Å². The van der Waals surface area contributed by atoms with Crippen molar-refractivity contribution in [3.63, 3.8) is 0 Å². The van der Waals surface area contributed by atoms with Gasteiger partial charge in [0.1, 0.15) is 5.82 Å². The van der Waals surface area contributed by atoms with Gasteiger partial charge in [0.05, 0.1) is 5.56 Å². The van der Waals surface area contributed by atoms with E-state index < -0.39 is 0 Å². The summed E-state index contributed by atoms with van der Waals surface area (Å²) in [6, 6.07) is 14.3. The van der Waals surface area contributed by atoms with Gasteiger partial charge in [-0.1, -0.05) is 43.2 Å². The van der Waals surface area contributed by atoms with E-state index in [2.05, 4.69) is 22.5 Å². The molecule has 2 aliphatic rings. The molecule has 3 nitrogen and oxygen atoms in total. The molecular formula is C25H27FN2O. The van der Waals surface area contributed by atoms with Crippen LogP contribution in [0.4, 0.5) is 4.39 Å². The van der Waals surface area contributed by atoms with Crippen LogP contribution in [0.5, 0.6) is 0 Å².